The Morgan fingerprint density at radius 2 is 2.06 bits per heavy atom. The van der Waals surface area contributed by atoms with Crippen LogP contribution in [0.4, 0.5) is 14.6 Å². The van der Waals surface area contributed by atoms with Gasteiger partial charge in [-0.05, 0) is 31.9 Å². The fourth-order valence-electron chi connectivity index (χ4n) is 3.33. The number of nitrogens with one attached hydrogen (secondary N) is 1. The Balaban J connectivity index is 1.53. The maximum Gasteiger partial charge on any atom is 0.252 e. The number of hydrogen-bond donors (Lipinski definition) is 1. The maximum atomic E-state index is 13.5. The molecule has 1 saturated carbocycles. The molecule has 1 fully saturated rings. The number of halogens is 2. The standard InChI is InChI=1S/C21H21F2N7O/c1-14-6-9-30(29-14)20-27-17(13-31-19-3-2-15(11-24)12-25-19)10-18(28-20)26-16-4-7-21(22,23)8-5-16/h2-3,6,9-10,12,16H,4-5,7-8,13H2,1H3,(H,26,27,28). The lowest BCUT2D eigenvalue weighted by Gasteiger charge is -2.29. The highest BCUT2D eigenvalue weighted by Crippen LogP contribution is 2.34. The molecule has 3 heterocycles. The van der Waals surface area contributed by atoms with Crippen molar-refractivity contribution in [3.05, 3.63) is 53.6 Å². The largest absolute Gasteiger partial charge is 0.471 e. The van der Waals surface area contributed by atoms with Gasteiger partial charge in [0.25, 0.3) is 5.95 Å². The molecule has 1 aliphatic carbocycles. The Bertz CT molecular complexity index is 1080. The average molecular weight is 425 g/mol. The average Bonchev–Trinajstić information content (AvgIpc) is 3.20. The normalized spacial score (nSPS) is 15.9. The molecule has 10 heteroatoms. The van der Waals surface area contributed by atoms with Crippen molar-refractivity contribution in [2.45, 2.75) is 51.2 Å². The van der Waals surface area contributed by atoms with Gasteiger partial charge in [-0.3, -0.25) is 0 Å². The molecule has 1 aliphatic rings. The number of aryl methyl sites for hydroxylation is 1. The summed E-state index contributed by atoms with van der Waals surface area (Å²) in [7, 11) is 0. The van der Waals surface area contributed by atoms with Crippen LogP contribution < -0.4 is 10.1 Å². The number of pyridine rings is 1. The van der Waals surface area contributed by atoms with Gasteiger partial charge in [-0.1, -0.05) is 0 Å². The van der Waals surface area contributed by atoms with E-state index in [2.05, 4.69) is 25.4 Å². The lowest BCUT2D eigenvalue weighted by atomic mass is 9.92. The van der Waals surface area contributed by atoms with Crippen LogP contribution in [0, 0.1) is 18.3 Å². The highest BCUT2D eigenvalue weighted by atomic mass is 19.3. The molecular weight excluding hydrogens is 404 g/mol. The van der Waals surface area contributed by atoms with E-state index in [9.17, 15) is 8.78 Å². The van der Waals surface area contributed by atoms with Crippen molar-refractivity contribution >= 4 is 5.82 Å². The lowest BCUT2D eigenvalue weighted by Crippen LogP contribution is -2.32. The molecule has 3 aromatic heterocycles. The minimum atomic E-state index is -2.59. The number of anilines is 1. The highest BCUT2D eigenvalue weighted by molar-refractivity contribution is 5.40. The zero-order valence-corrected chi connectivity index (χ0v) is 16.9. The zero-order valence-electron chi connectivity index (χ0n) is 16.9. The number of nitriles is 1. The van der Waals surface area contributed by atoms with Crippen molar-refractivity contribution in [2.24, 2.45) is 0 Å². The quantitative estimate of drug-likeness (QED) is 0.641. The van der Waals surface area contributed by atoms with E-state index in [-0.39, 0.29) is 25.5 Å². The Kier molecular flexibility index (Phi) is 5.75. The Morgan fingerprint density at radius 3 is 2.71 bits per heavy atom. The lowest BCUT2D eigenvalue weighted by molar-refractivity contribution is -0.0361. The summed E-state index contributed by atoms with van der Waals surface area (Å²) in [5.41, 5.74) is 1.83. The van der Waals surface area contributed by atoms with E-state index in [1.807, 2.05) is 19.1 Å². The third-order valence-electron chi connectivity index (χ3n) is 5.00. The molecule has 0 saturated heterocycles. The molecule has 160 valence electrons. The van der Waals surface area contributed by atoms with Crippen LogP contribution >= 0.6 is 0 Å². The van der Waals surface area contributed by atoms with Crippen LogP contribution in [0.5, 0.6) is 5.88 Å². The van der Waals surface area contributed by atoms with Crippen molar-refractivity contribution in [3.63, 3.8) is 0 Å². The van der Waals surface area contributed by atoms with Crippen molar-refractivity contribution in [1.82, 2.24) is 24.7 Å². The summed E-state index contributed by atoms with van der Waals surface area (Å²) in [4.78, 5) is 13.1. The molecule has 0 spiro atoms. The molecule has 8 nitrogen and oxygen atoms in total. The van der Waals surface area contributed by atoms with Gasteiger partial charge in [0.15, 0.2) is 0 Å². The van der Waals surface area contributed by atoms with E-state index >= 15 is 0 Å². The number of nitrogens with zero attached hydrogens (tertiary/aromatic N) is 6. The van der Waals surface area contributed by atoms with Gasteiger partial charge < -0.3 is 10.1 Å². The van der Waals surface area contributed by atoms with E-state index in [1.165, 1.54) is 6.20 Å². The molecule has 0 radical (unpaired) electrons. The summed E-state index contributed by atoms with van der Waals surface area (Å²) < 4.78 is 34.2. The molecule has 4 rings (SSSR count). The predicted octanol–water partition coefficient (Wildman–Crippen LogP) is 3.81. The van der Waals surface area contributed by atoms with E-state index in [4.69, 9.17) is 10.00 Å². The number of hydrogen-bond acceptors (Lipinski definition) is 7. The second-order valence-electron chi connectivity index (χ2n) is 7.51. The van der Waals surface area contributed by atoms with E-state index in [0.29, 0.717) is 41.7 Å². The van der Waals surface area contributed by atoms with Crippen LogP contribution in [0.25, 0.3) is 5.95 Å². The van der Waals surface area contributed by atoms with Gasteiger partial charge in [0.2, 0.25) is 11.8 Å². The Hall–Kier alpha value is -3.61. The summed E-state index contributed by atoms with van der Waals surface area (Å²) >= 11 is 0. The summed E-state index contributed by atoms with van der Waals surface area (Å²) in [6.45, 7) is 1.98. The third-order valence-corrected chi connectivity index (χ3v) is 5.00. The molecule has 0 unspecified atom stereocenters. The minimum Gasteiger partial charge on any atom is -0.471 e. The molecule has 0 aromatic carbocycles. The molecule has 0 bridgehead atoms. The predicted molar refractivity (Wildman–Crippen MR) is 108 cm³/mol. The Morgan fingerprint density at radius 1 is 1.26 bits per heavy atom. The van der Waals surface area contributed by atoms with Crippen molar-refractivity contribution in [2.75, 3.05) is 5.32 Å². The number of aromatic nitrogens is 5. The monoisotopic (exact) mass is 425 g/mol. The van der Waals surface area contributed by atoms with E-state index in [0.717, 1.165) is 5.69 Å². The van der Waals surface area contributed by atoms with E-state index < -0.39 is 5.92 Å². The first-order chi connectivity index (χ1) is 14.9. The first-order valence-corrected chi connectivity index (χ1v) is 9.94. The smallest absolute Gasteiger partial charge is 0.252 e. The van der Waals surface area contributed by atoms with Crippen LogP contribution in [0.2, 0.25) is 0 Å². The van der Waals surface area contributed by atoms with Gasteiger partial charge in [0.05, 0.1) is 17.0 Å². The van der Waals surface area contributed by atoms with Gasteiger partial charge in [0.1, 0.15) is 18.5 Å². The second kappa shape index (κ2) is 8.63. The van der Waals surface area contributed by atoms with Gasteiger partial charge in [-0.25, -0.2) is 23.4 Å². The number of rotatable bonds is 6. The molecule has 1 N–H and O–H groups in total. The van der Waals surface area contributed by atoms with Crippen molar-refractivity contribution in [3.8, 4) is 17.9 Å². The van der Waals surface area contributed by atoms with Crippen LogP contribution in [0.1, 0.15) is 42.6 Å². The van der Waals surface area contributed by atoms with E-state index in [1.54, 1.807) is 29.1 Å². The fraction of sp³-hybridized carbons (Fsp3) is 0.381. The maximum absolute atomic E-state index is 13.5. The topological polar surface area (TPSA) is 102 Å². The van der Waals surface area contributed by atoms with Crippen LogP contribution in [-0.4, -0.2) is 36.7 Å². The summed E-state index contributed by atoms with van der Waals surface area (Å²) in [5.74, 6) is -1.35. The first-order valence-electron chi connectivity index (χ1n) is 9.94. The van der Waals surface area contributed by atoms with Crippen LogP contribution in [-0.2, 0) is 6.61 Å². The van der Waals surface area contributed by atoms with Crippen molar-refractivity contribution < 1.29 is 13.5 Å². The van der Waals surface area contributed by atoms with Crippen LogP contribution in [0.15, 0.2) is 36.7 Å². The zero-order chi connectivity index (χ0) is 21.8. The summed E-state index contributed by atoms with van der Waals surface area (Å²) in [5, 5.41) is 16.5. The molecule has 31 heavy (non-hydrogen) atoms. The summed E-state index contributed by atoms with van der Waals surface area (Å²) in [6, 6.07) is 8.71. The molecule has 3 aromatic rings. The van der Waals surface area contributed by atoms with Crippen LogP contribution in [0.3, 0.4) is 0 Å². The summed E-state index contributed by atoms with van der Waals surface area (Å²) in [6.07, 6.45) is 3.65. The SMILES string of the molecule is Cc1ccn(-c2nc(COc3ccc(C#N)cn3)cc(NC3CCC(F)(F)CC3)n2)n1. The number of alkyl halides is 2. The second-order valence-corrected chi connectivity index (χ2v) is 7.51. The van der Waals surface area contributed by atoms with Gasteiger partial charge in [-0.15, -0.1) is 0 Å². The van der Waals surface area contributed by atoms with Gasteiger partial charge in [0, 0.05) is 43.4 Å². The first kappa shape index (κ1) is 20.7. The van der Waals surface area contributed by atoms with Crippen molar-refractivity contribution in [1.29, 1.82) is 5.26 Å². The molecule has 0 atom stereocenters. The van der Waals surface area contributed by atoms with Gasteiger partial charge in [-0.2, -0.15) is 15.3 Å². The molecule has 0 amide bonds. The minimum absolute atomic E-state index is 0.0873. The van der Waals surface area contributed by atoms with Gasteiger partial charge >= 0.3 is 0 Å². The molecule has 0 aliphatic heterocycles. The molecular formula is C21H21F2N7O. The Labute approximate surface area is 177 Å². The third kappa shape index (κ3) is 5.31. The highest BCUT2D eigenvalue weighted by Gasteiger charge is 2.35. The fourth-order valence-corrected chi connectivity index (χ4v) is 3.33. The number of ether oxygens (including phenoxy) is 1.